The lowest BCUT2D eigenvalue weighted by Crippen LogP contribution is -2.14. The minimum Gasteiger partial charge on any atom is -0.506 e. The van der Waals surface area contributed by atoms with Gasteiger partial charge in [0.25, 0.3) is 0 Å². The normalized spacial score (nSPS) is 10.8. The average molecular weight is 365 g/mol. The Labute approximate surface area is 146 Å². The molecule has 3 rings (SSSR count). The molecule has 0 saturated carbocycles. The average Bonchev–Trinajstić information content (AvgIpc) is 3.18. The zero-order chi connectivity index (χ0) is 17.1. The maximum Gasteiger partial charge on any atom is 0.234 e. The number of nitrogens with one attached hydrogen (secondary N) is 1. The zero-order valence-corrected chi connectivity index (χ0v) is 14.1. The monoisotopic (exact) mass is 364 g/mol. The molecule has 0 atom stereocenters. The van der Waals surface area contributed by atoms with E-state index in [0.717, 1.165) is 0 Å². The fourth-order valence-corrected chi connectivity index (χ4v) is 2.87. The van der Waals surface area contributed by atoms with Gasteiger partial charge in [0.05, 0.1) is 17.7 Å². The van der Waals surface area contributed by atoms with Crippen molar-refractivity contribution in [2.75, 3.05) is 11.1 Å². The number of phenols is 1. The molecule has 0 aliphatic carbocycles. The molecule has 2 aromatic heterocycles. The van der Waals surface area contributed by atoms with Crippen molar-refractivity contribution in [3.05, 3.63) is 41.6 Å². The molecule has 2 N–H and O–H groups in total. The van der Waals surface area contributed by atoms with Gasteiger partial charge >= 0.3 is 0 Å². The summed E-state index contributed by atoms with van der Waals surface area (Å²) in [4.78, 5) is 12.0. The predicted molar refractivity (Wildman–Crippen MR) is 91.2 cm³/mol. The summed E-state index contributed by atoms with van der Waals surface area (Å²) in [5.74, 6) is 0.952. The molecule has 0 aliphatic heterocycles. The van der Waals surface area contributed by atoms with Crippen molar-refractivity contribution >= 4 is 35.0 Å². The topological polar surface area (TPSA) is 93.2 Å². The summed E-state index contributed by atoms with van der Waals surface area (Å²) in [6.07, 6.45) is 1.56. The predicted octanol–water partition coefficient (Wildman–Crippen LogP) is 3.16. The standard InChI is InChI=1S/C15H13ClN4O3S/c1-20-14(12-3-2-6-23-12)18-19-15(20)24-8-13(22)17-10-7-9(16)4-5-11(10)21/h2-7,21H,8H2,1H3,(H,17,22). The van der Waals surface area contributed by atoms with Gasteiger partial charge in [0, 0.05) is 12.1 Å². The number of aromatic nitrogens is 3. The quantitative estimate of drug-likeness (QED) is 0.533. The Balaban J connectivity index is 1.64. The van der Waals surface area contributed by atoms with Crippen LogP contribution in [0.3, 0.4) is 0 Å². The number of halogens is 1. The Bertz CT molecular complexity index is 864. The number of anilines is 1. The van der Waals surface area contributed by atoms with E-state index in [9.17, 15) is 9.90 Å². The molecule has 0 fully saturated rings. The molecule has 1 amide bonds. The van der Waals surface area contributed by atoms with E-state index in [1.807, 2.05) is 0 Å². The first-order valence-corrected chi connectivity index (χ1v) is 8.25. The molecule has 0 radical (unpaired) electrons. The van der Waals surface area contributed by atoms with Crippen molar-refractivity contribution in [1.29, 1.82) is 0 Å². The van der Waals surface area contributed by atoms with E-state index in [1.54, 1.807) is 30.0 Å². The number of carbonyl (C=O) groups excluding carboxylic acids is 1. The Morgan fingerprint density at radius 2 is 2.25 bits per heavy atom. The van der Waals surface area contributed by atoms with E-state index in [2.05, 4.69) is 15.5 Å². The van der Waals surface area contributed by atoms with Crippen LogP contribution in [0, 0.1) is 0 Å². The van der Waals surface area contributed by atoms with Crippen LogP contribution in [0.4, 0.5) is 5.69 Å². The molecule has 0 unspecified atom stereocenters. The van der Waals surface area contributed by atoms with Crippen molar-refractivity contribution in [2.24, 2.45) is 7.05 Å². The van der Waals surface area contributed by atoms with Crippen LogP contribution in [0.1, 0.15) is 0 Å². The number of hydrogen-bond donors (Lipinski definition) is 2. The number of carbonyl (C=O) groups is 1. The van der Waals surface area contributed by atoms with Crippen molar-refractivity contribution in [3.8, 4) is 17.3 Å². The minimum atomic E-state index is -0.292. The largest absolute Gasteiger partial charge is 0.506 e. The maximum atomic E-state index is 12.0. The van der Waals surface area contributed by atoms with Crippen LogP contribution in [0.15, 0.2) is 46.2 Å². The highest BCUT2D eigenvalue weighted by Crippen LogP contribution is 2.27. The number of hydrogen-bond acceptors (Lipinski definition) is 6. The number of furan rings is 1. The molecule has 24 heavy (non-hydrogen) atoms. The van der Waals surface area contributed by atoms with Gasteiger partial charge in [-0.15, -0.1) is 10.2 Å². The van der Waals surface area contributed by atoms with Crippen LogP contribution in [0.5, 0.6) is 5.75 Å². The molecule has 2 heterocycles. The van der Waals surface area contributed by atoms with Crippen LogP contribution >= 0.6 is 23.4 Å². The number of thioether (sulfide) groups is 1. The number of benzene rings is 1. The highest BCUT2D eigenvalue weighted by Gasteiger charge is 2.15. The molecule has 9 heteroatoms. The van der Waals surface area contributed by atoms with Gasteiger partial charge in [0.2, 0.25) is 5.91 Å². The molecular formula is C15H13ClN4O3S. The molecule has 7 nitrogen and oxygen atoms in total. The third-order valence-electron chi connectivity index (χ3n) is 3.14. The highest BCUT2D eigenvalue weighted by molar-refractivity contribution is 7.99. The van der Waals surface area contributed by atoms with Gasteiger partial charge in [-0.3, -0.25) is 4.79 Å². The van der Waals surface area contributed by atoms with Gasteiger partial charge in [-0.2, -0.15) is 0 Å². The fraction of sp³-hybridized carbons (Fsp3) is 0.133. The molecular weight excluding hydrogens is 352 g/mol. The van der Waals surface area contributed by atoms with E-state index in [-0.39, 0.29) is 23.1 Å². The van der Waals surface area contributed by atoms with Crippen LogP contribution in [-0.4, -0.2) is 31.5 Å². The summed E-state index contributed by atoms with van der Waals surface area (Å²) in [6, 6.07) is 7.99. The molecule has 0 saturated heterocycles. The summed E-state index contributed by atoms with van der Waals surface area (Å²) >= 11 is 7.07. The molecule has 1 aromatic carbocycles. The summed E-state index contributed by atoms with van der Waals surface area (Å²) in [7, 11) is 1.79. The molecule has 124 valence electrons. The number of nitrogens with zero attached hydrogens (tertiary/aromatic N) is 3. The number of phenolic OH excluding ortho intramolecular Hbond substituents is 1. The second-order valence-corrected chi connectivity index (χ2v) is 6.22. The van der Waals surface area contributed by atoms with Gasteiger partial charge in [-0.05, 0) is 30.3 Å². The smallest absolute Gasteiger partial charge is 0.234 e. The van der Waals surface area contributed by atoms with Gasteiger partial charge in [-0.25, -0.2) is 0 Å². The van der Waals surface area contributed by atoms with Crippen molar-refractivity contribution < 1.29 is 14.3 Å². The maximum absolute atomic E-state index is 12.0. The first kappa shape index (κ1) is 16.4. The van der Waals surface area contributed by atoms with E-state index in [1.165, 1.54) is 30.0 Å². The van der Waals surface area contributed by atoms with Gasteiger partial charge in [0.15, 0.2) is 16.7 Å². The van der Waals surface area contributed by atoms with Crippen molar-refractivity contribution in [2.45, 2.75) is 5.16 Å². The SMILES string of the molecule is Cn1c(SCC(=O)Nc2cc(Cl)ccc2O)nnc1-c1ccco1. The van der Waals surface area contributed by atoms with Crippen LogP contribution < -0.4 is 5.32 Å². The number of aromatic hydroxyl groups is 1. The minimum absolute atomic E-state index is 0.0449. The fourth-order valence-electron chi connectivity index (χ4n) is 1.99. The van der Waals surface area contributed by atoms with Crippen molar-refractivity contribution in [1.82, 2.24) is 14.8 Å². The first-order chi connectivity index (χ1) is 11.5. The summed E-state index contributed by atoms with van der Waals surface area (Å²) in [5.41, 5.74) is 0.266. The Kier molecular flexibility index (Phi) is 4.77. The molecule has 0 spiro atoms. The third-order valence-corrected chi connectivity index (χ3v) is 4.40. The highest BCUT2D eigenvalue weighted by atomic mass is 35.5. The molecule has 0 bridgehead atoms. The van der Waals surface area contributed by atoms with Crippen LogP contribution in [0.25, 0.3) is 11.6 Å². The third kappa shape index (κ3) is 3.55. The lowest BCUT2D eigenvalue weighted by Gasteiger charge is -2.07. The Morgan fingerprint density at radius 1 is 1.42 bits per heavy atom. The number of amides is 1. The van der Waals surface area contributed by atoms with E-state index >= 15 is 0 Å². The summed E-state index contributed by atoms with van der Waals surface area (Å²) in [6.45, 7) is 0. The van der Waals surface area contributed by atoms with E-state index in [4.69, 9.17) is 16.0 Å². The first-order valence-electron chi connectivity index (χ1n) is 6.89. The Hall–Kier alpha value is -2.45. The van der Waals surface area contributed by atoms with Crippen molar-refractivity contribution in [3.63, 3.8) is 0 Å². The zero-order valence-electron chi connectivity index (χ0n) is 12.6. The van der Waals surface area contributed by atoms with Gasteiger partial charge in [-0.1, -0.05) is 23.4 Å². The summed E-state index contributed by atoms with van der Waals surface area (Å²) in [5, 5.41) is 21.4. The lowest BCUT2D eigenvalue weighted by atomic mass is 10.3. The molecule has 0 aliphatic rings. The van der Waals surface area contributed by atoms with E-state index < -0.39 is 0 Å². The van der Waals surface area contributed by atoms with Gasteiger partial charge in [0.1, 0.15) is 5.75 Å². The van der Waals surface area contributed by atoms with Crippen LogP contribution in [0.2, 0.25) is 5.02 Å². The molecule has 3 aromatic rings. The second kappa shape index (κ2) is 6.98. The van der Waals surface area contributed by atoms with Crippen LogP contribution in [-0.2, 0) is 11.8 Å². The van der Waals surface area contributed by atoms with Gasteiger partial charge < -0.3 is 19.4 Å². The lowest BCUT2D eigenvalue weighted by molar-refractivity contribution is -0.113. The summed E-state index contributed by atoms with van der Waals surface area (Å²) < 4.78 is 7.03. The number of rotatable bonds is 5. The van der Waals surface area contributed by atoms with E-state index in [0.29, 0.717) is 21.8 Å². The second-order valence-electron chi connectivity index (χ2n) is 4.84. The Morgan fingerprint density at radius 3 is 3.00 bits per heavy atom.